The Morgan fingerprint density at radius 3 is 2.71 bits per heavy atom. The molecule has 2 aromatic rings. The van der Waals surface area contributed by atoms with Gasteiger partial charge < -0.3 is 9.42 Å². The number of nitrogens with zero attached hydrogens (tertiary/aromatic N) is 2. The average Bonchev–Trinajstić information content (AvgIpc) is 2.80. The Labute approximate surface area is 102 Å². The topological polar surface area (TPSA) is 29.3 Å². The summed E-state index contributed by atoms with van der Waals surface area (Å²) in [6.07, 6.45) is 1.71. The minimum absolute atomic E-state index is 0.888. The fraction of sp³-hybridized carbons (Fsp3) is 0.286. The van der Waals surface area contributed by atoms with Crippen LogP contribution in [0.4, 0.5) is 5.69 Å². The van der Waals surface area contributed by atoms with Crippen LogP contribution in [-0.4, -0.2) is 18.2 Å². The van der Waals surface area contributed by atoms with Crippen LogP contribution in [0.5, 0.6) is 0 Å². The highest BCUT2D eigenvalue weighted by atomic mass is 16.5. The van der Waals surface area contributed by atoms with Gasteiger partial charge in [0.15, 0.2) is 0 Å². The van der Waals surface area contributed by atoms with Gasteiger partial charge >= 0.3 is 0 Å². The van der Waals surface area contributed by atoms with Gasteiger partial charge in [-0.05, 0) is 32.4 Å². The maximum absolute atomic E-state index is 5.11. The Hall–Kier alpha value is -1.77. The zero-order valence-corrected chi connectivity index (χ0v) is 10.3. The number of benzene rings is 1. The highest BCUT2D eigenvalue weighted by Crippen LogP contribution is 2.29. The van der Waals surface area contributed by atoms with Crippen LogP contribution >= 0.6 is 0 Å². The third kappa shape index (κ3) is 2.33. The van der Waals surface area contributed by atoms with E-state index < -0.39 is 0 Å². The summed E-state index contributed by atoms with van der Waals surface area (Å²) < 4.78 is 5.11. The molecule has 1 heterocycles. The molecule has 17 heavy (non-hydrogen) atoms. The van der Waals surface area contributed by atoms with Crippen molar-refractivity contribution in [3.05, 3.63) is 43.0 Å². The molecule has 0 atom stereocenters. The first-order chi connectivity index (χ1) is 8.26. The monoisotopic (exact) mass is 229 g/mol. The predicted octanol–water partition coefficient (Wildman–Crippen LogP) is 3.37. The van der Waals surface area contributed by atoms with Crippen LogP contribution in [0.3, 0.4) is 0 Å². The number of hydrogen-bond donors (Lipinski definition) is 0. The zero-order chi connectivity index (χ0) is 12.3. The van der Waals surface area contributed by atoms with Gasteiger partial charge in [0, 0.05) is 18.7 Å². The molecule has 0 N–H and O–H groups in total. The van der Waals surface area contributed by atoms with Gasteiger partial charge in [-0.1, -0.05) is 23.4 Å². The molecule has 0 saturated carbocycles. The van der Waals surface area contributed by atoms with Gasteiger partial charge in [-0.2, -0.15) is 0 Å². The van der Waals surface area contributed by atoms with Crippen LogP contribution < -0.4 is 4.90 Å². The van der Waals surface area contributed by atoms with Gasteiger partial charge in [0.25, 0.3) is 0 Å². The first kappa shape index (κ1) is 11.7. The van der Waals surface area contributed by atoms with Gasteiger partial charge in [-0.3, -0.25) is 0 Å². The van der Waals surface area contributed by atoms with E-state index in [0.29, 0.717) is 0 Å². The van der Waals surface area contributed by atoms with Crippen molar-refractivity contribution < 1.29 is 4.52 Å². The molecular formula is C14H17N2O. The summed E-state index contributed by atoms with van der Waals surface area (Å²) in [5.41, 5.74) is 3.96. The Morgan fingerprint density at radius 2 is 2.06 bits per heavy atom. The summed E-state index contributed by atoms with van der Waals surface area (Å²) in [4.78, 5) is 2.22. The summed E-state index contributed by atoms with van der Waals surface area (Å²) in [5, 5.41) is 4.10. The van der Waals surface area contributed by atoms with Crippen LogP contribution in [0.2, 0.25) is 0 Å². The minimum Gasteiger partial charge on any atom is -0.368 e. The predicted molar refractivity (Wildman–Crippen MR) is 70.0 cm³/mol. The maximum Gasteiger partial charge on any atom is 0.147 e. The summed E-state index contributed by atoms with van der Waals surface area (Å²) in [7, 11) is 0. The van der Waals surface area contributed by atoms with Gasteiger partial charge in [0.1, 0.15) is 17.6 Å². The molecular weight excluding hydrogens is 212 g/mol. The number of rotatable bonds is 4. The molecule has 0 saturated heterocycles. The van der Waals surface area contributed by atoms with Crippen molar-refractivity contribution in [3.8, 4) is 11.3 Å². The van der Waals surface area contributed by atoms with E-state index in [1.165, 1.54) is 0 Å². The second kappa shape index (κ2) is 5.04. The molecule has 0 aliphatic heterocycles. The Kier molecular flexibility index (Phi) is 3.47. The van der Waals surface area contributed by atoms with Crippen LogP contribution in [0.25, 0.3) is 11.3 Å². The van der Waals surface area contributed by atoms with Crippen LogP contribution in [0.15, 0.2) is 35.1 Å². The number of hydrogen-bond acceptors (Lipinski definition) is 3. The van der Waals surface area contributed by atoms with Gasteiger partial charge in [0.05, 0.1) is 0 Å². The minimum atomic E-state index is 0.888. The Morgan fingerprint density at radius 1 is 1.29 bits per heavy atom. The Balaban J connectivity index is 2.43. The van der Waals surface area contributed by atoms with E-state index in [1.807, 2.05) is 24.3 Å². The first-order valence-corrected chi connectivity index (χ1v) is 5.88. The summed E-state index contributed by atoms with van der Waals surface area (Å²) in [6, 6.07) is 8.00. The summed E-state index contributed by atoms with van der Waals surface area (Å²) >= 11 is 0. The van der Waals surface area contributed by atoms with Crippen molar-refractivity contribution in [2.24, 2.45) is 0 Å². The lowest BCUT2D eigenvalue weighted by Crippen LogP contribution is -2.21. The molecule has 1 aromatic carbocycles. The standard InChI is InChI=1S/C14H17N2O/c1-4-16(5-2)13-10-17-15-14(13)12-8-6-7-11(3)9-12/h6-10H,3-5H2,1-2H3. The molecule has 1 radical (unpaired) electrons. The second-order valence-corrected chi connectivity index (χ2v) is 3.92. The molecule has 0 aliphatic carbocycles. The van der Waals surface area contributed by atoms with Crippen molar-refractivity contribution in [3.63, 3.8) is 0 Å². The SMILES string of the molecule is [CH2]c1cccc(-c2nocc2N(CC)CC)c1. The normalized spacial score (nSPS) is 10.5. The molecule has 3 heteroatoms. The van der Waals surface area contributed by atoms with Crippen molar-refractivity contribution in [2.45, 2.75) is 13.8 Å². The molecule has 0 unspecified atom stereocenters. The lowest BCUT2D eigenvalue weighted by molar-refractivity contribution is 0.422. The van der Waals surface area contributed by atoms with Crippen molar-refractivity contribution in [1.29, 1.82) is 0 Å². The molecule has 1 aromatic heterocycles. The molecule has 0 spiro atoms. The van der Waals surface area contributed by atoms with E-state index in [4.69, 9.17) is 4.52 Å². The van der Waals surface area contributed by atoms with Gasteiger partial charge in [-0.25, -0.2) is 0 Å². The zero-order valence-electron chi connectivity index (χ0n) is 10.3. The number of anilines is 1. The van der Waals surface area contributed by atoms with Crippen molar-refractivity contribution in [2.75, 3.05) is 18.0 Å². The molecule has 3 nitrogen and oxygen atoms in total. The van der Waals surface area contributed by atoms with Crippen molar-refractivity contribution in [1.82, 2.24) is 5.16 Å². The maximum atomic E-state index is 5.11. The average molecular weight is 229 g/mol. The first-order valence-electron chi connectivity index (χ1n) is 5.88. The molecule has 2 rings (SSSR count). The highest BCUT2D eigenvalue weighted by molar-refractivity contribution is 5.74. The van der Waals surface area contributed by atoms with E-state index in [2.05, 4.69) is 30.8 Å². The van der Waals surface area contributed by atoms with Gasteiger partial charge in [0.2, 0.25) is 0 Å². The molecule has 0 amide bonds. The van der Waals surface area contributed by atoms with Gasteiger partial charge in [-0.15, -0.1) is 0 Å². The lowest BCUT2D eigenvalue weighted by Gasteiger charge is -2.19. The lowest BCUT2D eigenvalue weighted by atomic mass is 10.1. The van der Waals surface area contributed by atoms with E-state index in [0.717, 1.165) is 35.6 Å². The third-order valence-electron chi connectivity index (χ3n) is 2.86. The largest absolute Gasteiger partial charge is 0.368 e. The van der Waals surface area contributed by atoms with Crippen molar-refractivity contribution >= 4 is 5.69 Å². The second-order valence-electron chi connectivity index (χ2n) is 3.92. The highest BCUT2D eigenvalue weighted by Gasteiger charge is 2.14. The van der Waals surface area contributed by atoms with E-state index in [9.17, 15) is 0 Å². The van der Waals surface area contributed by atoms with Crippen LogP contribution in [-0.2, 0) is 0 Å². The summed E-state index contributed by atoms with van der Waals surface area (Å²) in [5.74, 6) is 0. The Bertz CT molecular complexity index is 486. The van der Waals surface area contributed by atoms with Crippen LogP contribution in [0, 0.1) is 6.92 Å². The van der Waals surface area contributed by atoms with E-state index >= 15 is 0 Å². The molecule has 0 bridgehead atoms. The number of aromatic nitrogens is 1. The smallest absolute Gasteiger partial charge is 0.147 e. The van der Waals surface area contributed by atoms with E-state index in [-0.39, 0.29) is 0 Å². The third-order valence-corrected chi connectivity index (χ3v) is 2.86. The molecule has 89 valence electrons. The quantitative estimate of drug-likeness (QED) is 0.805. The van der Waals surface area contributed by atoms with Crippen LogP contribution in [0.1, 0.15) is 19.4 Å². The summed E-state index contributed by atoms with van der Waals surface area (Å²) in [6.45, 7) is 10.1. The molecule has 0 fully saturated rings. The fourth-order valence-electron chi connectivity index (χ4n) is 1.94. The van der Waals surface area contributed by atoms with E-state index in [1.54, 1.807) is 6.26 Å². The fourth-order valence-corrected chi connectivity index (χ4v) is 1.94. The molecule has 0 aliphatic rings.